The molecule has 0 saturated carbocycles. The number of fused-ring (bicyclic) bond motifs is 2. The third-order valence-corrected chi connectivity index (χ3v) is 5.41. The molecule has 4 rings (SSSR count). The Morgan fingerprint density at radius 1 is 0.875 bits per heavy atom. The molecule has 6 N–H and O–H groups in total. The Balaban J connectivity index is 0.00000141. The van der Waals surface area contributed by atoms with E-state index in [-0.39, 0.29) is 0 Å². The Bertz CT molecular complexity index is 1220. The van der Waals surface area contributed by atoms with Crippen LogP contribution in [0.4, 0.5) is 11.4 Å². The van der Waals surface area contributed by atoms with Gasteiger partial charge in [-0.1, -0.05) is 24.3 Å². The summed E-state index contributed by atoms with van der Waals surface area (Å²) in [7, 11) is 1.50. The van der Waals surface area contributed by atoms with Crippen molar-refractivity contribution in [3.8, 4) is 0 Å². The molecule has 0 atom stereocenters. The average molecular weight is 429 g/mol. The number of pyridine rings is 1. The van der Waals surface area contributed by atoms with Gasteiger partial charge < -0.3 is 22.1 Å². The molecule has 0 aliphatic heterocycles. The van der Waals surface area contributed by atoms with E-state index in [9.17, 15) is 0 Å². The molecule has 1 heterocycles. The van der Waals surface area contributed by atoms with Crippen LogP contribution in [0.15, 0.2) is 65.7 Å². The zero-order valence-corrected chi connectivity index (χ0v) is 19.0. The van der Waals surface area contributed by atoms with Crippen molar-refractivity contribution in [1.82, 2.24) is 10.3 Å². The van der Waals surface area contributed by atoms with Gasteiger partial charge in [0.1, 0.15) is 0 Å². The van der Waals surface area contributed by atoms with Crippen molar-refractivity contribution in [2.45, 2.75) is 20.4 Å². The van der Waals surface area contributed by atoms with Crippen molar-refractivity contribution < 1.29 is 0 Å². The predicted molar refractivity (Wildman–Crippen MR) is 138 cm³/mol. The number of nitrogens with two attached hydrogens (primary N) is 2. The Morgan fingerprint density at radius 2 is 1.59 bits per heavy atom. The number of aromatic nitrogens is 1. The molecule has 32 heavy (non-hydrogen) atoms. The summed E-state index contributed by atoms with van der Waals surface area (Å²) < 4.78 is 0. The molecule has 6 nitrogen and oxygen atoms in total. The number of aliphatic imine (C=N–C) groups is 1. The molecule has 0 aliphatic carbocycles. The highest BCUT2D eigenvalue weighted by Crippen LogP contribution is 2.29. The summed E-state index contributed by atoms with van der Waals surface area (Å²) in [5.74, 6) is 0. The summed E-state index contributed by atoms with van der Waals surface area (Å²) >= 11 is 0. The largest absolute Gasteiger partial charge is 0.390 e. The summed E-state index contributed by atoms with van der Waals surface area (Å²) in [5.41, 5.74) is 17.8. The van der Waals surface area contributed by atoms with E-state index in [1.807, 2.05) is 6.07 Å². The number of anilines is 2. The Morgan fingerprint density at radius 3 is 2.38 bits per heavy atom. The SMILES string of the molecule is CN.Cc1ccc(Nc2ccc3nc4ccccc4c(CNCCN=CN)c3c2)cc1C. The Labute approximate surface area is 189 Å². The van der Waals surface area contributed by atoms with Crippen molar-refractivity contribution in [3.63, 3.8) is 0 Å². The molecule has 0 saturated heterocycles. The fourth-order valence-corrected chi connectivity index (χ4v) is 3.66. The lowest BCUT2D eigenvalue weighted by molar-refractivity contribution is 0.701. The Hall–Kier alpha value is -3.48. The van der Waals surface area contributed by atoms with E-state index in [4.69, 9.17) is 10.7 Å². The van der Waals surface area contributed by atoms with Gasteiger partial charge in [0.25, 0.3) is 0 Å². The molecule has 0 radical (unpaired) electrons. The van der Waals surface area contributed by atoms with Gasteiger partial charge in [-0.2, -0.15) is 0 Å². The first-order valence-electron chi connectivity index (χ1n) is 10.8. The number of hydrogen-bond donors (Lipinski definition) is 4. The van der Waals surface area contributed by atoms with E-state index in [1.54, 1.807) is 0 Å². The van der Waals surface area contributed by atoms with E-state index >= 15 is 0 Å². The highest BCUT2D eigenvalue weighted by molar-refractivity contribution is 5.98. The van der Waals surface area contributed by atoms with E-state index < -0.39 is 0 Å². The fraction of sp³-hybridized carbons (Fsp3) is 0.231. The van der Waals surface area contributed by atoms with Crippen molar-refractivity contribution >= 4 is 39.5 Å². The molecule has 166 valence electrons. The van der Waals surface area contributed by atoms with Crippen LogP contribution in [0.3, 0.4) is 0 Å². The van der Waals surface area contributed by atoms with Crippen LogP contribution in [0, 0.1) is 13.8 Å². The van der Waals surface area contributed by atoms with E-state index in [2.05, 4.69) is 89.8 Å². The zero-order valence-electron chi connectivity index (χ0n) is 19.0. The summed E-state index contributed by atoms with van der Waals surface area (Å²) in [5, 5.41) is 9.35. The molecular weight excluding hydrogens is 396 g/mol. The van der Waals surface area contributed by atoms with Crippen LogP contribution in [-0.4, -0.2) is 31.5 Å². The minimum absolute atomic E-state index is 0.664. The minimum atomic E-state index is 0.664. The molecule has 0 bridgehead atoms. The summed E-state index contributed by atoms with van der Waals surface area (Å²) in [6.45, 7) is 6.44. The molecule has 0 spiro atoms. The first-order chi connectivity index (χ1) is 15.7. The lowest BCUT2D eigenvalue weighted by atomic mass is 10.0. The maximum absolute atomic E-state index is 5.33. The summed E-state index contributed by atoms with van der Waals surface area (Å²) in [6.07, 6.45) is 1.35. The fourth-order valence-electron chi connectivity index (χ4n) is 3.66. The molecule has 1 aromatic heterocycles. The molecule has 0 unspecified atom stereocenters. The maximum atomic E-state index is 5.33. The molecule has 0 amide bonds. The first-order valence-corrected chi connectivity index (χ1v) is 10.8. The third-order valence-electron chi connectivity index (χ3n) is 5.41. The number of aryl methyl sites for hydroxylation is 2. The van der Waals surface area contributed by atoms with Crippen LogP contribution in [0.2, 0.25) is 0 Å². The lowest BCUT2D eigenvalue weighted by Crippen LogP contribution is -2.18. The average Bonchev–Trinajstić information content (AvgIpc) is 2.82. The van der Waals surface area contributed by atoms with Crippen LogP contribution in [-0.2, 0) is 6.54 Å². The first kappa shape index (κ1) is 23.2. The lowest BCUT2D eigenvalue weighted by Gasteiger charge is -2.14. The van der Waals surface area contributed by atoms with Gasteiger partial charge in [0, 0.05) is 35.2 Å². The highest BCUT2D eigenvalue weighted by Gasteiger charge is 2.10. The predicted octanol–water partition coefficient (Wildman–Crippen LogP) is 4.40. The van der Waals surface area contributed by atoms with Crippen molar-refractivity contribution in [2.24, 2.45) is 16.5 Å². The van der Waals surface area contributed by atoms with Gasteiger partial charge in [-0.3, -0.25) is 4.99 Å². The smallest absolute Gasteiger partial charge is 0.0798 e. The number of nitrogens with zero attached hydrogens (tertiary/aromatic N) is 2. The van der Waals surface area contributed by atoms with Gasteiger partial charge in [-0.25, -0.2) is 4.98 Å². The number of nitrogens with one attached hydrogen (secondary N) is 2. The van der Waals surface area contributed by atoms with Crippen LogP contribution in [0.5, 0.6) is 0 Å². The van der Waals surface area contributed by atoms with Gasteiger partial charge in [0.2, 0.25) is 0 Å². The van der Waals surface area contributed by atoms with Crippen LogP contribution in [0.25, 0.3) is 21.8 Å². The van der Waals surface area contributed by atoms with Gasteiger partial charge in [0.15, 0.2) is 0 Å². The van der Waals surface area contributed by atoms with E-state index in [0.717, 1.165) is 40.9 Å². The standard InChI is InChI=1S/C25H27N5.CH5N/c1-17-7-8-19(13-18(17)2)29-20-9-10-25-22(14-20)23(15-27-11-12-28-16-26)21-5-3-4-6-24(21)30-25;1-2/h3-10,13-14,16,27,29H,11-12,15H2,1-2H3,(H2,26,28);2H2,1H3. The number of benzene rings is 3. The second-order valence-corrected chi connectivity index (χ2v) is 7.50. The van der Waals surface area contributed by atoms with Crippen LogP contribution < -0.4 is 22.1 Å². The highest BCUT2D eigenvalue weighted by atomic mass is 14.9. The number of rotatable bonds is 7. The molecular formula is C26H32N6. The molecule has 0 aliphatic rings. The van der Waals surface area contributed by atoms with Crippen molar-refractivity contribution in [1.29, 1.82) is 0 Å². The topological polar surface area (TPSA) is 101 Å². The summed E-state index contributed by atoms with van der Waals surface area (Å²) in [6, 6.07) is 21.1. The van der Waals surface area contributed by atoms with Gasteiger partial charge in [-0.15, -0.1) is 0 Å². The molecule has 0 fully saturated rings. The third kappa shape index (κ3) is 5.41. The van der Waals surface area contributed by atoms with Crippen LogP contribution >= 0.6 is 0 Å². The van der Waals surface area contributed by atoms with Crippen molar-refractivity contribution in [3.05, 3.63) is 77.4 Å². The molecule has 6 heteroatoms. The monoisotopic (exact) mass is 428 g/mol. The van der Waals surface area contributed by atoms with Crippen LogP contribution in [0.1, 0.15) is 16.7 Å². The minimum Gasteiger partial charge on any atom is -0.390 e. The van der Waals surface area contributed by atoms with Gasteiger partial charge in [-0.05, 0) is 74.0 Å². The number of para-hydroxylation sites is 1. The second-order valence-electron chi connectivity index (χ2n) is 7.50. The maximum Gasteiger partial charge on any atom is 0.0798 e. The molecule has 3 aromatic carbocycles. The molecule has 4 aromatic rings. The van der Waals surface area contributed by atoms with E-state index in [0.29, 0.717) is 6.54 Å². The quantitative estimate of drug-likeness (QED) is 0.151. The zero-order chi connectivity index (χ0) is 22.9. The van der Waals surface area contributed by atoms with Gasteiger partial charge in [0.05, 0.1) is 23.9 Å². The summed E-state index contributed by atoms with van der Waals surface area (Å²) in [4.78, 5) is 8.94. The van der Waals surface area contributed by atoms with E-state index in [1.165, 1.54) is 35.5 Å². The number of hydrogen-bond acceptors (Lipinski definition) is 5. The second kappa shape index (κ2) is 11.2. The normalized spacial score (nSPS) is 11.0. The van der Waals surface area contributed by atoms with Gasteiger partial charge >= 0.3 is 0 Å². The Kier molecular flexibility index (Phi) is 8.14. The van der Waals surface area contributed by atoms with Crippen molar-refractivity contribution in [2.75, 3.05) is 25.5 Å².